The van der Waals surface area contributed by atoms with Crippen molar-refractivity contribution in [2.75, 3.05) is 31.1 Å². The van der Waals surface area contributed by atoms with E-state index in [1.54, 1.807) is 12.4 Å². The predicted octanol–water partition coefficient (Wildman–Crippen LogP) is 4.91. The molecule has 1 fully saturated rings. The van der Waals surface area contributed by atoms with E-state index < -0.39 is 0 Å². The first-order valence-electron chi connectivity index (χ1n) is 10.3. The van der Waals surface area contributed by atoms with Crippen molar-refractivity contribution in [3.8, 4) is 11.3 Å². The first kappa shape index (κ1) is 19.5. The predicted molar refractivity (Wildman–Crippen MR) is 125 cm³/mol. The minimum atomic E-state index is 0.0290. The standard InChI is InChI=1S/C25H21ClN4O/c26-22-7-3-1-6-20(22)24-17-21(19-5-2-4-8-23(19)28-24)25(31)30-15-13-29(14-16-30)18-9-11-27-12-10-18/h1-12,17H,13-16H2. The Bertz CT molecular complexity index is 1240. The maximum Gasteiger partial charge on any atom is 0.254 e. The number of amides is 1. The second-order valence-electron chi connectivity index (χ2n) is 7.54. The van der Waals surface area contributed by atoms with Crippen molar-refractivity contribution in [1.82, 2.24) is 14.9 Å². The van der Waals surface area contributed by atoms with Crippen LogP contribution in [0.4, 0.5) is 5.69 Å². The summed E-state index contributed by atoms with van der Waals surface area (Å²) >= 11 is 6.42. The summed E-state index contributed by atoms with van der Waals surface area (Å²) in [5.74, 6) is 0.0290. The van der Waals surface area contributed by atoms with Gasteiger partial charge in [0.05, 0.1) is 16.8 Å². The molecule has 0 spiro atoms. The van der Waals surface area contributed by atoms with Crippen molar-refractivity contribution >= 4 is 34.1 Å². The van der Waals surface area contributed by atoms with Crippen molar-refractivity contribution in [1.29, 1.82) is 0 Å². The molecule has 154 valence electrons. The van der Waals surface area contributed by atoms with Crippen LogP contribution in [-0.2, 0) is 0 Å². The van der Waals surface area contributed by atoms with Crippen molar-refractivity contribution in [2.24, 2.45) is 0 Å². The molecule has 1 amide bonds. The van der Waals surface area contributed by atoms with Gasteiger partial charge in [0, 0.05) is 60.2 Å². The number of para-hydroxylation sites is 1. The van der Waals surface area contributed by atoms with Crippen LogP contribution in [0.1, 0.15) is 10.4 Å². The fraction of sp³-hybridized carbons (Fsp3) is 0.160. The molecule has 0 atom stereocenters. The molecule has 0 aliphatic carbocycles. The molecule has 4 aromatic rings. The Morgan fingerprint density at radius 1 is 0.871 bits per heavy atom. The molecule has 1 aliphatic rings. The first-order valence-corrected chi connectivity index (χ1v) is 10.7. The third kappa shape index (κ3) is 3.84. The molecule has 0 N–H and O–H groups in total. The number of pyridine rings is 2. The number of nitrogens with zero attached hydrogens (tertiary/aromatic N) is 4. The van der Waals surface area contributed by atoms with Gasteiger partial charge in [-0.25, -0.2) is 4.98 Å². The van der Waals surface area contributed by atoms with Crippen LogP contribution in [0.2, 0.25) is 5.02 Å². The highest BCUT2D eigenvalue weighted by atomic mass is 35.5. The molecule has 5 rings (SSSR count). The topological polar surface area (TPSA) is 49.3 Å². The van der Waals surface area contributed by atoms with Crippen molar-refractivity contribution < 1.29 is 4.79 Å². The Balaban J connectivity index is 1.47. The van der Waals surface area contributed by atoms with E-state index in [0.717, 1.165) is 35.2 Å². The molecule has 0 radical (unpaired) electrons. The molecule has 0 unspecified atom stereocenters. The van der Waals surface area contributed by atoms with Crippen LogP contribution in [0.25, 0.3) is 22.2 Å². The van der Waals surface area contributed by atoms with Crippen LogP contribution < -0.4 is 4.90 Å². The summed E-state index contributed by atoms with van der Waals surface area (Å²) in [6.07, 6.45) is 3.60. The Hall–Kier alpha value is -3.44. The monoisotopic (exact) mass is 428 g/mol. The second kappa shape index (κ2) is 8.36. The lowest BCUT2D eigenvalue weighted by molar-refractivity contribution is 0.0748. The lowest BCUT2D eigenvalue weighted by Crippen LogP contribution is -2.48. The largest absolute Gasteiger partial charge is 0.368 e. The molecule has 2 aromatic carbocycles. The summed E-state index contributed by atoms with van der Waals surface area (Å²) in [6, 6.07) is 21.3. The fourth-order valence-corrected chi connectivity index (χ4v) is 4.28. The molecule has 6 heteroatoms. The number of fused-ring (bicyclic) bond motifs is 1. The van der Waals surface area contributed by atoms with Crippen molar-refractivity contribution in [2.45, 2.75) is 0 Å². The Morgan fingerprint density at radius 2 is 1.58 bits per heavy atom. The Morgan fingerprint density at radius 3 is 2.35 bits per heavy atom. The van der Waals surface area contributed by atoms with E-state index in [2.05, 4.69) is 9.88 Å². The highest BCUT2D eigenvalue weighted by Gasteiger charge is 2.24. The molecular weight excluding hydrogens is 408 g/mol. The van der Waals surface area contributed by atoms with E-state index >= 15 is 0 Å². The van der Waals surface area contributed by atoms with Gasteiger partial charge < -0.3 is 9.80 Å². The minimum Gasteiger partial charge on any atom is -0.368 e. The number of piperazine rings is 1. The van der Waals surface area contributed by atoms with Gasteiger partial charge in [0.15, 0.2) is 0 Å². The zero-order chi connectivity index (χ0) is 21.2. The third-order valence-electron chi connectivity index (χ3n) is 5.69. The molecule has 2 aromatic heterocycles. The van der Waals surface area contributed by atoms with Gasteiger partial charge in [0.1, 0.15) is 0 Å². The summed E-state index contributed by atoms with van der Waals surface area (Å²) in [5.41, 5.74) is 4.13. The van der Waals surface area contributed by atoms with Gasteiger partial charge in [0.2, 0.25) is 0 Å². The maximum absolute atomic E-state index is 13.6. The quantitative estimate of drug-likeness (QED) is 0.465. The van der Waals surface area contributed by atoms with Crippen LogP contribution in [0, 0.1) is 0 Å². The molecule has 5 nitrogen and oxygen atoms in total. The maximum atomic E-state index is 13.6. The minimum absolute atomic E-state index is 0.0290. The van der Waals surface area contributed by atoms with Crippen LogP contribution in [0.5, 0.6) is 0 Å². The smallest absolute Gasteiger partial charge is 0.254 e. The van der Waals surface area contributed by atoms with Crippen LogP contribution >= 0.6 is 11.6 Å². The number of rotatable bonds is 3. The number of benzene rings is 2. The number of hydrogen-bond acceptors (Lipinski definition) is 4. The Kier molecular flexibility index (Phi) is 5.26. The zero-order valence-corrected chi connectivity index (χ0v) is 17.7. The van der Waals surface area contributed by atoms with Gasteiger partial charge in [-0.2, -0.15) is 0 Å². The SMILES string of the molecule is O=C(c1cc(-c2ccccc2Cl)nc2ccccc12)N1CCN(c2ccncc2)CC1. The van der Waals surface area contributed by atoms with Crippen LogP contribution in [0.3, 0.4) is 0 Å². The van der Waals surface area contributed by atoms with E-state index in [1.165, 1.54) is 0 Å². The van der Waals surface area contributed by atoms with Gasteiger partial charge in [0.25, 0.3) is 5.91 Å². The van der Waals surface area contributed by atoms with Crippen LogP contribution in [-0.4, -0.2) is 47.0 Å². The van der Waals surface area contributed by atoms with Gasteiger partial charge in [-0.15, -0.1) is 0 Å². The number of hydrogen-bond donors (Lipinski definition) is 0. The normalized spacial score (nSPS) is 14.1. The third-order valence-corrected chi connectivity index (χ3v) is 6.02. The van der Waals surface area contributed by atoms with E-state index in [4.69, 9.17) is 16.6 Å². The number of carbonyl (C=O) groups is 1. The van der Waals surface area contributed by atoms with E-state index in [0.29, 0.717) is 29.4 Å². The van der Waals surface area contributed by atoms with Crippen LogP contribution in [0.15, 0.2) is 79.1 Å². The molecule has 1 saturated heterocycles. The molecule has 31 heavy (non-hydrogen) atoms. The van der Waals surface area contributed by atoms with E-state index in [9.17, 15) is 4.79 Å². The zero-order valence-electron chi connectivity index (χ0n) is 16.9. The summed E-state index contributed by atoms with van der Waals surface area (Å²) in [4.78, 5) is 26.6. The number of anilines is 1. The highest BCUT2D eigenvalue weighted by molar-refractivity contribution is 6.33. The molecular formula is C25H21ClN4O. The van der Waals surface area contributed by atoms with E-state index in [-0.39, 0.29) is 5.91 Å². The van der Waals surface area contributed by atoms with Gasteiger partial charge in [-0.1, -0.05) is 48.0 Å². The summed E-state index contributed by atoms with van der Waals surface area (Å²) in [6.45, 7) is 2.91. The van der Waals surface area contributed by atoms with Gasteiger partial charge in [-0.3, -0.25) is 9.78 Å². The fourth-order valence-electron chi connectivity index (χ4n) is 4.05. The number of halogens is 1. The molecule has 0 bridgehead atoms. The second-order valence-corrected chi connectivity index (χ2v) is 7.94. The average molecular weight is 429 g/mol. The molecule has 1 aliphatic heterocycles. The van der Waals surface area contributed by atoms with E-state index in [1.807, 2.05) is 71.6 Å². The average Bonchev–Trinajstić information content (AvgIpc) is 2.84. The first-order chi connectivity index (χ1) is 15.2. The number of aromatic nitrogens is 2. The highest BCUT2D eigenvalue weighted by Crippen LogP contribution is 2.30. The van der Waals surface area contributed by atoms with Crippen molar-refractivity contribution in [3.05, 3.63) is 89.7 Å². The molecule has 0 saturated carbocycles. The Labute approximate surface area is 185 Å². The summed E-state index contributed by atoms with van der Waals surface area (Å²) < 4.78 is 0. The number of carbonyl (C=O) groups excluding carboxylic acids is 1. The van der Waals surface area contributed by atoms with Gasteiger partial charge in [-0.05, 0) is 30.3 Å². The lowest BCUT2D eigenvalue weighted by atomic mass is 10.0. The summed E-state index contributed by atoms with van der Waals surface area (Å²) in [5, 5.41) is 1.48. The summed E-state index contributed by atoms with van der Waals surface area (Å²) in [7, 11) is 0. The lowest BCUT2D eigenvalue weighted by Gasteiger charge is -2.36. The van der Waals surface area contributed by atoms with Crippen molar-refractivity contribution in [3.63, 3.8) is 0 Å². The molecule has 3 heterocycles. The van der Waals surface area contributed by atoms with Gasteiger partial charge >= 0.3 is 0 Å².